The molecule has 0 aliphatic carbocycles. The molecule has 1 fully saturated rings. The third kappa shape index (κ3) is 4.17. The van der Waals surface area contributed by atoms with Gasteiger partial charge in [0.05, 0.1) is 17.6 Å². The molecule has 8 heteroatoms. The number of piperidine rings is 1. The quantitative estimate of drug-likeness (QED) is 0.616. The van der Waals surface area contributed by atoms with Crippen LogP contribution in [0.25, 0.3) is 22.3 Å². The fourth-order valence-electron chi connectivity index (χ4n) is 3.78. The highest BCUT2D eigenvalue weighted by molar-refractivity contribution is 5.83. The summed E-state index contributed by atoms with van der Waals surface area (Å²) < 4.78 is 13.1. The lowest BCUT2D eigenvalue weighted by Crippen LogP contribution is -2.42. The second-order valence-electron chi connectivity index (χ2n) is 9.18. The molecule has 0 saturated carbocycles. The van der Waals surface area contributed by atoms with Gasteiger partial charge in [0.25, 0.3) is 0 Å². The van der Waals surface area contributed by atoms with Crippen molar-refractivity contribution in [2.45, 2.75) is 65.0 Å². The summed E-state index contributed by atoms with van der Waals surface area (Å²) in [6.45, 7) is 11.0. The van der Waals surface area contributed by atoms with Gasteiger partial charge in [-0.15, -0.1) is 0 Å². The first-order valence-electron chi connectivity index (χ1n) is 10.5. The van der Waals surface area contributed by atoms with E-state index in [2.05, 4.69) is 29.1 Å². The van der Waals surface area contributed by atoms with Crippen LogP contribution in [0.15, 0.2) is 28.9 Å². The van der Waals surface area contributed by atoms with Crippen molar-refractivity contribution in [1.82, 2.24) is 24.8 Å². The number of ether oxygens (including phenoxy) is 1. The minimum absolute atomic E-state index is 0.0115. The van der Waals surface area contributed by atoms with Crippen molar-refractivity contribution < 1.29 is 14.1 Å². The van der Waals surface area contributed by atoms with E-state index in [1.807, 2.05) is 49.8 Å². The lowest BCUT2D eigenvalue weighted by Gasteiger charge is -2.32. The SMILES string of the molecule is CC(C)n1ncc2ccc(-c3noc(C4CCCN(C(=O)OC(C)(C)C)C4)n3)cc21. The molecule has 0 spiro atoms. The summed E-state index contributed by atoms with van der Waals surface area (Å²) in [6.07, 6.45) is 3.36. The maximum absolute atomic E-state index is 12.4. The van der Waals surface area contributed by atoms with Gasteiger partial charge in [0.1, 0.15) is 5.60 Å². The summed E-state index contributed by atoms with van der Waals surface area (Å²) in [5.41, 5.74) is 1.42. The molecule has 1 atom stereocenters. The molecule has 1 saturated heterocycles. The van der Waals surface area contributed by atoms with Gasteiger partial charge in [-0.3, -0.25) is 4.68 Å². The molecule has 2 aromatic heterocycles. The van der Waals surface area contributed by atoms with Gasteiger partial charge in [0.2, 0.25) is 11.7 Å². The van der Waals surface area contributed by atoms with Crippen molar-refractivity contribution in [3.8, 4) is 11.4 Å². The van der Waals surface area contributed by atoms with Gasteiger partial charge in [-0.25, -0.2) is 4.79 Å². The third-order valence-electron chi connectivity index (χ3n) is 5.21. The topological polar surface area (TPSA) is 86.3 Å². The first-order chi connectivity index (χ1) is 14.2. The Balaban J connectivity index is 1.53. The molecule has 8 nitrogen and oxygen atoms in total. The average molecular weight is 412 g/mol. The molecule has 1 aliphatic rings. The van der Waals surface area contributed by atoms with Crippen molar-refractivity contribution >= 4 is 17.0 Å². The summed E-state index contributed by atoms with van der Waals surface area (Å²) in [7, 11) is 0. The Labute approximate surface area is 176 Å². The molecule has 160 valence electrons. The summed E-state index contributed by atoms with van der Waals surface area (Å²) >= 11 is 0. The number of likely N-dealkylation sites (tertiary alicyclic amines) is 1. The predicted molar refractivity (Wildman–Crippen MR) is 113 cm³/mol. The lowest BCUT2D eigenvalue weighted by atomic mass is 9.98. The van der Waals surface area contributed by atoms with Gasteiger partial charge in [-0.2, -0.15) is 10.1 Å². The predicted octanol–water partition coefficient (Wildman–Crippen LogP) is 4.78. The van der Waals surface area contributed by atoms with Crippen LogP contribution in [0.2, 0.25) is 0 Å². The number of carbonyl (C=O) groups is 1. The number of nitrogens with zero attached hydrogens (tertiary/aromatic N) is 5. The average Bonchev–Trinajstić information content (AvgIpc) is 3.33. The number of hydrogen-bond donors (Lipinski definition) is 0. The van der Waals surface area contributed by atoms with E-state index in [9.17, 15) is 4.79 Å². The van der Waals surface area contributed by atoms with E-state index < -0.39 is 5.60 Å². The van der Waals surface area contributed by atoms with Gasteiger partial charge in [-0.1, -0.05) is 17.3 Å². The number of hydrogen-bond acceptors (Lipinski definition) is 6. The van der Waals surface area contributed by atoms with Gasteiger partial charge < -0.3 is 14.2 Å². The Bertz CT molecular complexity index is 1050. The fourth-order valence-corrected chi connectivity index (χ4v) is 3.78. The summed E-state index contributed by atoms with van der Waals surface area (Å²) in [5, 5.41) is 9.75. The molecule has 30 heavy (non-hydrogen) atoms. The number of aromatic nitrogens is 4. The van der Waals surface area contributed by atoms with Crippen LogP contribution < -0.4 is 0 Å². The largest absolute Gasteiger partial charge is 0.444 e. The Kier molecular flexibility index (Phi) is 5.26. The van der Waals surface area contributed by atoms with Crippen molar-refractivity contribution in [3.05, 3.63) is 30.3 Å². The Hall–Kier alpha value is -2.90. The summed E-state index contributed by atoms with van der Waals surface area (Å²) in [5.74, 6) is 1.13. The van der Waals surface area contributed by atoms with E-state index in [1.54, 1.807) is 4.90 Å². The Morgan fingerprint density at radius 2 is 2.10 bits per heavy atom. The van der Waals surface area contributed by atoms with Crippen LogP contribution in [0.3, 0.4) is 0 Å². The van der Waals surface area contributed by atoms with Gasteiger partial charge >= 0.3 is 6.09 Å². The zero-order valence-corrected chi connectivity index (χ0v) is 18.3. The van der Waals surface area contributed by atoms with E-state index in [4.69, 9.17) is 9.26 Å². The Morgan fingerprint density at radius 1 is 1.30 bits per heavy atom. The normalized spacial score (nSPS) is 17.7. The van der Waals surface area contributed by atoms with Crippen molar-refractivity contribution in [2.24, 2.45) is 0 Å². The maximum Gasteiger partial charge on any atom is 0.410 e. The first kappa shape index (κ1) is 20.4. The van der Waals surface area contributed by atoms with Crippen LogP contribution >= 0.6 is 0 Å². The monoisotopic (exact) mass is 411 g/mol. The lowest BCUT2D eigenvalue weighted by molar-refractivity contribution is 0.0189. The number of carbonyl (C=O) groups excluding carboxylic acids is 1. The minimum atomic E-state index is -0.511. The minimum Gasteiger partial charge on any atom is -0.444 e. The molecule has 0 radical (unpaired) electrons. The molecular formula is C22H29N5O3. The molecule has 1 amide bonds. The molecule has 3 aromatic rings. The van der Waals surface area contributed by atoms with E-state index in [-0.39, 0.29) is 18.1 Å². The van der Waals surface area contributed by atoms with Crippen LogP contribution in [0.5, 0.6) is 0 Å². The number of amides is 1. The number of benzene rings is 1. The second kappa shape index (κ2) is 7.74. The van der Waals surface area contributed by atoms with Gasteiger partial charge in [0, 0.05) is 30.1 Å². The van der Waals surface area contributed by atoms with Crippen LogP contribution in [0.4, 0.5) is 4.79 Å². The van der Waals surface area contributed by atoms with E-state index >= 15 is 0 Å². The molecular weight excluding hydrogens is 382 g/mol. The molecule has 0 bridgehead atoms. The zero-order valence-electron chi connectivity index (χ0n) is 18.3. The molecule has 1 unspecified atom stereocenters. The van der Waals surface area contributed by atoms with E-state index in [1.165, 1.54) is 0 Å². The molecule has 1 aromatic carbocycles. The second-order valence-corrected chi connectivity index (χ2v) is 9.18. The highest BCUT2D eigenvalue weighted by Crippen LogP contribution is 2.29. The number of rotatable bonds is 3. The van der Waals surface area contributed by atoms with Crippen molar-refractivity contribution in [3.63, 3.8) is 0 Å². The van der Waals surface area contributed by atoms with Crippen molar-refractivity contribution in [2.75, 3.05) is 13.1 Å². The highest BCUT2D eigenvalue weighted by Gasteiger charge is 2.31. The molecule has 0 N–H and O–H groups in total. The van der Waals surface area contributed by atoms with Crippen LogP contribution in [-0.4, -0.2) is 49.6 Å². The van der Waals surface area contributed by atoms with Crippen LogP contribution in [-0.2, 0) is 4.74 Å². The third-order valence-corrected chi connectivity index (χ3v) is 5.21. The standard InChI is InChI=1S/C22H29N5O3/c1-14(2)27-18-11-15(8-9-16(18)12-23-27)19-24-20(30-25-19)17-7-6-10-26(13-17)21(28)29-22(3,4)5/h8-9,11-12,14,17H,6-7,10,13H2,1-5H3. The smallest absolute Gasteiger partial charge is 0.410 e. The molecule has 4 rings (SSSR count). The molecule has 1 aliphatic heterocycles. The summed E-state index contributed by atoms with van der Waals surface area (Å²) in [4.78, 5) is 18.8. The Morgan fingerprint density at radius 3 is 2.83 bits per heavy atom. The fraction of sp³-hybridized carbons (Fsp3) is 0.545. The van der Waals surface area contributed by atoms with Crippen LogP contribution in [0, 0.1) is 0 Å². The summed E-state index contributed by atoms with van der Waals surface area (Å²) in [6, 6.07) is 6.32. The zero-order chi connectivity index (χ0) is 21.5. The first-order valence-corrected chi connectivity index (χ1v) is 10.5. The van der Waals surface area contributed by atoms with E-state index in [0.717, 1.165) is 29.3 Å². The number of fused-ring (bicyclic) bond motifs is 1. The van der Waals surface area contributed by atoms with Gasteiger partial charge in [-0.05, 0) is 53.5 Å². The van der Waals surface area contributed by atoms with Crippen molar-refractivity contribution in [1.29, 1.82) is 0 Å². The van der Waals surface area contributed by atoms with Crippen LogP contribution in [0.1, 0.15) is 65.3 Å². The maximum atomic E-state index is 12.4. The molecule has 3 heterocycles. The van der Waals surface area contributed by atoms with Gasteiger partial charge in [0.15, 0.2) is 0 Å². The van der Waals surface area contributed by atoms with E-state index in [0.29, 0.717) is 24.8 Å². The highest BCUT2D eigenvalue weighted by atomic mass is 16.6.